The van der Waals surface area contributed by atoms with Crippen LogP contribution in [0.5, 0.6) is 0 Å². The molecule has 0 aromatic rings. The van der Waals surface area contributed by atoms with Crippen molar-refractivity contribution < 1.29 is 13.5 Å². The van der Waals surface area contributed by atoms with Crippen LogP contribution in [0.1, 0.15) is 13.8 Å². The van der Waals surface area contributed by atoms with Crippen LogP contribution in [0.2, 0.25) is 0 Å². The molecule has 0 aliphatic carbocycles. The second-order valence-electron chi connectivity index (χ2n) is 4.77. The van der Waals surface area contributed by atoms with Gasteiger partial charge in [-0.05, 0) is 13.8 Å². The van der Waals surface area contributed by atoms with E-state index in [-0.39, 0.29) is 6.61 Å². The summed E-state index contributed by atoms with van der Waals surface area (Å²) in [7, 11) is -3.00. The molecule has 84 valence electrons. The van der Waals surface area contributed by atoms with Gasteiger partial charge in [0, 0.05) is 38.4 Å². The number of nitrogens with zero attached hydrogens (tertiary/aromatic N) is 1. The highest BCUT2D eigenvalue weighted by atomic mass is 32.2. The predicted molar refractivity (Wildman–Crippen MR) is 55.9 cm³/mol. The lowest BCUT2D eigenvalue weighted by Crippen LogP contribution is -2.54. The van der Waals surface area contributed by atoms with Gasteiger partial charge in [-0.25, -0.2) is 8.42 Å². The summed E-state index contributed by atoms with van der Waals surface area (Å²) < 4.78 is 22.1. The topological polar surface area (TPSA) is 57.6 Å². The molecule has 0 radical (unpaired) electrons. The molecule has 1 aliphatic heterocycles. The molecule has 0 aromatic carbocycles. The first-order valence-corrected chi connectivity index (χ1v) is 6.68. The monoisotopic (exact) mass is 221 g/mol. The maximum absolute atomic E-state index is 11.4. The number of aliphatic hydroxyl groups excluding tert-OH is 1. The molecule has 0 saturated carbocycles. The molecule has 0 unspecified atom stereocenters. The Kier molecular flexibility index (Phi) is 3.23. The number of sulfone groups is 1. The van der Waals surface area contributed by atoms with Crippen molar-refractivity contribution in [3.05, 3.63) is 0 Å². The Morgan fingerprint density at radius 2 is 1.93 bits per heavy atom. The molecule has 0 bridgehead atoms. The Morgan fingerprint density at radius 1 is 1.43 bits per heavy atom. The summed E-state index contributed by atoms with van der Waals surface area (Å²) in [6.45, 7) is 5.88. The predicted octanol–water partition coefficient (Wildman–Crippen LogP) is -0.266. The SMILES string of the molecule is CC(C)(CN1CC(CO)C1)S(C)(=O)=O. The lowest BCUT2D eigenvalue weighted by molar-refractivity contribution is 0.0482. The lowest BCUT2D eigenvalue weighted by atomic mass is 9.99. The van der Waals surface area contributed by atoms with Crippen LogP contribution >= 0.6 is 0 Å². The minimum atomic E-state index is -3.00. The molecule has 0 amide bonds. The quantitative estimate of drug-likeness (QED) is 0.710. The van der Waals surface area contributed by atoms with Crippen molar-refractivity contribution >= 4 is 9.84 Å². The van der Waals surface area contributed by atoms with Gasteiger partial charge in [-0.15, -0.1) is 0 Å². The van der Waals surface area contributed by atoms with Crippen molar-refractivity contribution in [1.82, 2.24) is 4.90 Å². The summed E-state index contributed by atoms with van der Waals surface area (Å²) >= 11 is 0. The summed E-state index contributed by atoms with van der Waals surface area (Å²) in [6.07, 6.45) is 1.27. The summed E-state index contributed by atoms with van der Waals surface area (Å²) in [6, 6.07) is 0. The first kappa shape index (κ1) is 11.9. The molecular formula is C9H19NO3S. The van der Waals surface area contributed by atoms with E-state index in [4.69, 9.17) is 5.11 Å². The molecule has 1 rings (SSSR count). The minimum Gasteiger partial charge on any atom is -0.396 e. The van der Waals surface area contributed by atoms with E-state index in [1.807, 2.05) is 0 Å². The van der Waals surface area contributed by atoms with Gasteiger partial charge >= 0.3 is 0 Å². The zero-order chi connectivity index (χ0) is 11.0. The Morgan fingerprint density at radius 3 is 2.29 bits per heavy atom. The molecule has 1 saturated heterocycles. The van der Waals surface area contributed by atoms with Crippen molar-refractivity contribution in [3.63, 3.8) is 0 Å². The molecule has 0 atom stereocenters. The average Bonchev–Trinajstić information content (AvgIpc) is 1.93. The molecule has 14 heavy (non-hydrogen) atoms. The smallest absolute Gasteiger partial charge is 0.153 e. The van der Waals surface area contributed by atoms with Crippen LogP contribution in [0.4, 0.5) is 0 Å². The van der Waals surface area contributed by atoms with Crippen molar-refractivity contribution in [3.8, 4) is 0 Å². The van der Waals surface area contributed by atoms with E-state index in [0.29, 0.717) is 12.5 Å². The summed E-state index contributed by atoms with van der Waals surface area (Å²) in [5.74, 6) is 0.338. The second kappa shape index (κ2) is 3.79. The first-order chi connectivity index (χ1) is 6.26. The Hall–Kier alpha value is -0.130. The van der Waals surface area contributed by atoms with Gasteiger partial charge in [0.05, 0.1) is 4.75 Å². The number of rotatable bonds is 4. The summed E-state index contributed by atoms with van der Waals surface area (Å²) in [5, 5.41) is 8.82. The van der Waals surface area contributed by atoms with E-state index in [1.165, 1.54) is 6.26 Å². The van der Waals surface area contributed by atoms with E-state index in [0.717, 1.165) is 13.1 Å². The fraction of sp³-hybridized carbons (Fsp3) is 1.00. The van der Waals surface area contributed by atoms with Gasteiger partial charge in [-0.3, -0.25) is 0 Å². The van der Waals surface area contributed by atoms with Crippen molar-refractivity contribution in [1.29, 1.82) is 0 Å². The Bertz CT molecular complexity index is 291. The number of likely N-dealkylation sites (tertiary alicyclic amines) is 1. The second-order valence-corrected chi connectivity index (χ2v) is 7.42. The highest BCUT2D eigenvalue weighted by molar-refractivity contribution is 7.92. The Labute approximate surface area is 85.8 Å². The van der Waals surface area contributed by atoms with Gasteiger partial charge in [0.15, 0.2) is 9.84 Å². The van der Waals surface area contributed by atoms with Gasteiger partial charge in [0.1, 0.15) is 0 Å². The van der Waals surface area contributed by atoms with Crippen LogP contribution in [0, 0.1) is 5.92 Å². The number of aliphatic hydroxyl groups is 1. The van der Waals surface area contributed by atoms with Crippen LogP contribution in [0.15, 0.2) is 0 Å². The fourth-order valence-electron chi connectivity index (χ4n) is 1.58. The fourth-order valence-corrected chi connectivity index (χ4v) is 1.99. The van der Waals surface area contributed by atoms with Gasteiger partial charge in [-0.2, -0.15) is 0 Å². The van der Waals surface area contributed by atoms with Gasteiger partial charge in [0.25, 0.3) is 0 Å². The summed E-state index contributed by atoms with van der Waals surface area (Å²) in [4.78, 5) is 2.07. The number of hydrogen-bond acceptors (Lipinski definition) is 4. The van der Waals surface area contributed by atoms with Crippen LogP contribution in [-0.2, 0) is 9.84 Å². The van der Waals surface area contributed by atoms with E-state index in [9.17, 15) is 8.42 Å². The third-order valence-corrected chi connectivity index (χ3v) is 5.04. The highest BCUT2D eigenvalue weighted by Crippen LogP contribution is 2.22. The first-order valence-electron chi connectivity index (χ1n) is 4.79. The van der Waals surface area contributed by atoms with Gasteiger partial charge in [-0.1, -0.05) is 0 Å². The maximum Gasteiger partial charge on any atom is 0.153 e. The molecule has 4 nitrogen and oxygen atoms in total. The standard InChI is InChI=1S/C9H19NO3S/c1-9(2,14(3,12)13)7-10-4-8(5-10)6-11/h8,11H,4-7H2,1-3H3. The van der Waals surface area contributed by atoms with Crippen molar-refractivity contribution in [2.75, 3.05) is 32.5 Å². The molecular weight excluding hydrogens is 202 g/mol. The largest absolute Gasteiger partial charge is 0.396 e. The molecule has 5 heteroatoms. The molecule has 0 aromatic heterocycles. The Balaban J connectivity index is 2.47. The van der Waals surface area contributed by atoms with Crippen molar-refractivity contribution in [2.45, 2.75) is 18.6 Å². The van der Waals surface area contributed by atoms with Crippen LogP contribution in [0.3, 0.4) is 0 Å². The average molecular weight is 221 g/mol. The zero-order valence-corrected chi connectivity index (χ0v) is 9.84. The third-order valence-electron chi connectivity index (χ3n) is 2.90. The minimum absolute atomic E-state index is 0.204. The van der Waals surface area contributed by atoms with E-state index < -0.39 is 14.6 Å². The molecule has 0 spiro atoms. The lowest BCUT2D eigenvalue weighted by Gasteiger charge is -2.42. The molecule has 1 N–H and O–H groups in total. The van der Waals surface area contributed by atoms with Gasteiger partial charge in [0.2, 0.25) is 0 Å². The highest BCUT2D eigenvalue weighted by Gasteiger charge is 2.36. The van der Waals surface area contributed by atoms with E-state index in [2.05, 4.69) is 4.90 Å². The number of hydrogen-bond donors (Lipinski definition) is 1. The summed E-state index contributed by atoms with van der Waals surface area (Å²) in [5.41, 5.74) is 0. The van der Waals surface area contributed by atoms with Gasteiger partial charge < -0.3 is 10.0 Å². The van der Waals surface area contributed by atoms with Crippen LogP contribution in [0.25, 0.3) is 0 Å². The van der Waals surface area contributed by atoms with Crippen LogP contribution < -0.4 is 0 Å². The zero-order valence-electron chi connectivity index (χ0n) is 9.02. The van der Waals surface area contributed by atoms with Crippen molar-refractivity contribution in [2.24, 2.45) is 5.92 Å². The van der Waals surface area contributed by atoms with Crippen LogP contribution in [-0.4, -0.2) is 55.7 Å². The third kappa shape index (κ3) is 2.46. The van der Waals surface area contributed by atoms with E-state index in [1.54, 1.807) is 13.8 Å². The molecule has 1 fully saturated rings. The maximum atomic E-state index is 11.4. The van der Waals surface area contributed by atoms with E-state index >= 15 is 0 Å². The normalized spacial score (nSPS) is 20.9. The molecule has 1 heterocycles. The molecule has 1 aliphatic rings.